The van der Waals surface area contributed by atoms with E-state index in [1.807, 2.05) is 30.3 Å². The molecule has 26 heavy (non-hydrogen) atoms. The molecule has 0 spiro atoms. The van der Waals surface area contributed by atoms with Crippen molar-refractivity contribution >= 4 is 5.97 Å². The normalized spacial score (nSPS) is 19.4. The van der Waals surface area contributed by atoms with Crippen molar-refractivity contribution in [2.75, 3.05) is 0 Å². The van der Waals surface area contributed by atoms with Crippen LogP contribution < -0.4 is 4.74 Å². The van der Waals surface area contributed by atoms with Crippen LogP contribution in [-0.2, 0) is 16.1 Å². The molecule has 4 nitrogen and oxygen atoms in total. The Hall–Kier alpha value is -2.33. The van der Waals surface area contributed by atoms with Gasteiger partial charge in [-0.2, -0.15) is 0 Å². The maximum Gasteiger partial charge on any atom is 0.303 e. The lowest BCUT2D eigenvalue weighted by Crippen LogP contribution is -2.30. The largest absolute Gasteiger partial charge is 0.487 e. The Bertz CT molecular complexity index is 773. The highest BCUT2D eigenvalue weighted by Gasteiger charge is 2.31. The van der Waals surface area contributed by atoms with Crippen molar-refractivity contribution in [3.05, 3.63) is 53.1 Å². The van der Waals surface area contributed by atoms with Crippen LogP contribution in [0.5, 0.6) is 5.75 Å². The van der Waals surface area contributed by atoms with Crippen LogP contribution in [0.3, 0.4) is 0 Å². The van der Waals surface area contributed by atoms with Crippen molar-refractivity contribution in [2.45, 2.75) is 58.8 Å². The number of aliphatic hydroxyl groups excluding tert-OH is 1. The molecule has 2 atom stereocenters. The first-order valence-electron chi connectivity index (χ1n) is 9.13. The van der Waals surface area contributed by atoms with Crippen molar-refractivity contribution in [1.29, 1.82) is 0 Å². The summed E-state index contributed by atoms with van der Waals surface area (Å²) in [5.41, 5.74) is 5.40. The Kier molecular flexibility index (Phi) is 5.62. The summed E-state index contributed by atoms with van der Waals surface area (Å²) in [6, 6.07) is 12.0. The molecule has 1 aliphatic carbocycles. The fraction of sp³-hybridized carbons (Fsp3) is 0.409. The summed E-state index contributed by atoms with van der Waals surface area (Å²) >= 11 is 0. The zero-order valence-electron chi connectivity index (χ0n) is 15.6. The number of aryl methyl sites for hydroxylation is 2. The van der Waals surface area contributed by atoms with Gasteiger partial charge < -0.3 is 14.6 Å². The summed E-state index contributed by atoms with van der Waals surface area (Å²) in [6.45, 7) is 5.61. The van der Waals surface area contributed by atoms with E-state index in [0.29, 0.717) is 0 Å². The van der Waals surface area contributed by atoms with Crippen LogP contribution in [0.2, 0.25) is 0 Å². The second-order valence-electron chi connectivity index (χ2n) is 7.03. The van der Waals surface area contributed by atoms with Gasteiger partial charge in [-0.15, -0.1) is 0 Å². The quantitative estimate of drug-likeness (QED) is 0.812. The predicted octanol–water partition coefficient (Wildman–Crippen LogP) is 4.33. The summed E-state index contributed by atoms with van der Waals surface area (Å²) in [5.74, 6) is 0.558. The Morgan fingerprint density at radius 3 is 2.46 bits per heavy atom. The number of hydrogen-bond acceptors (Lipinski definition) is 4. The lowest BCUT2D eigenvalue weighted by atomic mass is 9.94. The molecule has 4 heteroatoms. The minimum absolute atomic E-state index is 0.0341. The van der Waals surface area contributed by atoms with E-state index in [1.54, 1.807) is 0 Å². The Labute approximate surface area is 154 Å². The Balaban J connectivity index is 1.84. The van der Waals surface area contributed by atoms with Crippen molar-refractivity contribution in [3.8, 4) is 16.9 Å². The number of aliphatic hydroxyl groups is 1. The summed E-state index contributed by atoms with van der Waals surface area (Å²) in [7, 11) is 0. The van der Waals surface area contributed by atoms with E-state index in [1.165, 1.54) is 6.92 Å². The maximum atomic E-state index is 11.3. The second-order valence-corrected chi connectivity index (χ2v) is 7.03. The van der Waals surface area contributed by atoms with E-state index in [-0.39, 0.29) is 24.8 Å². The summed E-state index contributed by atoms with van der Waals surface area (Å²) < 4.78 is 11.6. The van der Waals surface area contributed by atoms with E-state index in [4.69, 9.17) is 9.47 Å². The number of carbonyl (C=O) groups is 1. The molecule has 2 aromatic carbocycles. The maximum absolute atomic E-state index is 11.3. The van der Waals surface area contributed by atoms with Gasteiger partial charge >= 0.3 is 5.97 Å². The third-order valence-corrected chi connectivity index (χ3v) is 4.90. The molecular formula is C22H26O4. The van der Waals surface area contributed by atoms with Gasteiger partial charge in [0.05, 0.1) is 6.61 Å². The molecule has 2 aromatic rings. The van der Waals surface area contributed by atoms with Gasteiger partial charge in [0.1, 0.15) is 18.0 Å². The Morgan fingerprint density at radius 2 is 1.81 bits per heavy atom. The molecule has 0 radical (unpaired) electrons. The number of carbonyl (C=O) groups excluding carboxylic acids is 1. The van der Waals surface area contributed by atoms with Gasteiger partial charge in [0, 0.05) is 6.92 Å². The van der Waals surface area contributed by atoms with Crippen molar-refractivity contribution in [2.24, 2.45) is 0 Å². The van der Waals surface area contributed by atoms with Crippen LogP contribution >= 0.6 is 0 Å². The monoisotopic (exact) mass is 354 g/mol. The molecule has 3 rings (SSSR count). The van der Waals surface area contributed by atoms with Gasteiger partial charge in [-0.05, 0) is 79.1 Å². The number of ether oxygens (including phenoxy) is 2. The first-order valence-corrected chi connectivity index (χ1v) is 9.13. The molecule has 1 fully saturated rings. The highest BCUT2D eigenvalue weighted by atomic mass is 16.6. The van der Waals surface area contributed by atoms with Crippen LogP contribution in [0.15, 0.2) is 36.4 Å². The molecule has 0 saturated heterocycles. The fourth-order valence-corrected chi connectivity index (χ4v) is 3.82. The topological polar surface area (TPSA) is 55.8 Å². The molecule has 138 valence electrons. The molecule has 0 heterocycles. The van der Waals surface area contributed by atoms with E-state index in [0.717, 1.165) is 52.8 Å². The fourth-order valence-electron chi connectivity index (χ4n) is 3.82. The Morgan fingerprint density at radius 1 is 1.12 bits per heavy atom. The van der Waals surface area contributed by atoms with Gasteiger partial charge in [0.2, 0.25) is 0 Å². The van der Waals surface area contributed by atoms with Gasteiger partial charge in [-0.25, -0.2) is 0 Å². The SMILES string of the molecule is CC(=O)O[C@@H]1CCC[C@H]1Oc1cc(C)c(-c2cccc(CO)c2)c(C)c1. The second kappa shape index (κ2) is 7.92. The van der Waals surface area contributed by atoms with Gasteiger partial charge in [0.15, 0.2) is 0 Å². The molecular weight excluding hydrogens is 328 g/mol. The third-order valence-electron chi connectivity index (χ3n) is 4.90. The molecule has 1 aliphatic rings. The van der Waals surface area contributed by atoms with Crippen LogP contribution in [-0.4, -0.2) is 23.3 Å². The van der Waals surface area contributed by atoms with E-state index < -0.39 is 0 Å². The zero-order valence-corrected chi connectivity index (χ0v) is 15.6. The molecule has 0 aliphatic heterocycles. The number of esters is 1. The molecule has 1 saturated carbocycles. The summed E-state index contributed by atoms with van der Waals surface area (Å²) in [5, 5.41) is 9.38. The highest BCUT2D eigenvalue weighted by molar-refractivity contribution is 5.72. The van der Waals surface area contributed by atoms with E-state index >= 15 is 0 Å². The van der Waals surface area contributed by atoms with Crippen LogP contribution in [0, 0.1) is 13.8 Å². The average Bonchev–Trinajstić information content (AvgIpc) is 3.00. The molecule has 1 N–H and O–H groups in total. The van der Waals surface area contributed by atoms with Crippen LogP contribution in [0.1, 0.15) is 42.9 Å². The van der Waals surface area contributed by atoms with Gasteiger partial charge in [-0.3, -0.25) is 4.79 Å². The third kappa shape index (κ3) is 4.07. The zero-order chi connectivity index (χ0) is 18.7. The van der Waals surface area contributed by atoms with E-state index in [9.17, 15) is 9.90 Å². The standard InChI is InChI=1S/C22H26O4/c1-14-10-19(26-21-9-5-8-20(21)25-16(3)24)11-15(2)22(14)18-7-4-6-17(12-18)13-23/h4,6-7,10-12,20-21,23H,5,8-9,13H2,1-3H3/t20-,21-/m1/s1. The smallest absolute Gasteiger partial charge is 0.303 e. The van der Waals surface area contributed by atoms with Crippen molar-refractivity contribution in [3.63, 3.8) is 0 Å². The lowest BCUT2D eigenvalue weighted by molar-refractivity contribution is -0.149. The van der Waals surface area contributed by atoms with Gasteiger partial charge in [-0.1, -0.05) is 18.2 Å². The number of hydrogen-bond donors (Lipinski definition) is 1. The first kappa shape index (κ1) is 18.5. The lowest BCUT2D eigenvalue weighted by Gasteiger charge is -2.22. The minimum atomic E-state index is -0.253. The molecule has 0 amide bonds. The highest BCUT2D eigenvalue weighted by Crippen LogP contribution is 2.34. The van der Waals surface area contributed by atoms with Crippen molar-refractivity contribution in [1.82, 2.24) is 0 Å². The average molecular weight is 354 g/mol. The minimum Gasteiger partial charge on any atom is -0.487 e. The summed E-state index contributed by atoms with van der Waals surface area (Å²) in [4.78, 5) is 11.3. The van der Waals surface area contributed by atoms with E-state index in [2.05, 4.69) is 19.9 Å². The van der Waals surface area contributed by atoms with Gasteiger partial charge in [0.25, 0.3) is 0 Å². The van der Waals surface area contributed by atoms with Crippen LogP contribution in [0.25, 0.3) is 11.1 Å². The van der Waals surface area contributed by atoms with Crippen LogP contribution in [0.4, 0.5) is 0 Å². The first-order chi connectivity index (χ1) is 12.5. The molecule has 0 unspecified atom stereocenters. The summed E-state index contributed by atoms with van der Waals surface area (Å²) in [6.07, 6.45) is 2.52. The predicted molar refractivity (Wildman–Crippen MR) is 101 cm³/mol. The van der Waals surface area contributed by atoms with Crippen molar-refractivity contribution < 1.29 is 19.4 Å². The molecule has 0 aromatic heterocycles. The number of benzene rings is 2. The number of rotatable bonds is 5. The molecule has 0 bridgehead atoms.